The maximum absolute atomic E-state index is 12.7. The molecule has 134 valence electrons. The zero-order chi connectivity index (χ0) is 18.2. The summed E-state index contributed by atoms with van der Waals surface area (Å²) in [6.07, 6.45) is 5.84. The fourth-order valence-corrected chi connectivity index (χ4v) is 3.10. The molecule has 0 unspecified atom stereocenters. The molecular formula is C16H21N5O3S. The average molecular weight is 363 g/mol. The van der Waals surface area contributed by atoms with Gasteiger partial charge in [0.1, 0.15) is 18.2 Å². The first kappa shape index (κ1) is 19.0. The molecule has 2 heterocycles. The van der Waals surface area contributed by atoms with Crippen LogP contribution in [0.4, 0.5) is 0 Å². The Bertz CT molecular complexity index is 663. The van der Waals surface area contributed by atoms with E-state index in [1.807, 2.05) is 12.3 Å². The smallest absolute Gasteiger partial charge is 0.251 e. The van der Waals surface area contributed by atoms with E-state index in [1.165, 1.54) is 19.3 Å². The average Bonchev–Trinajstić information content (AvgIpc) is 3.06. The number of carbonyl (C=O) groups excluding carboxylic acids is 2. The van der Waals surface area contributed by atoms with Crippen molar-refractivity contribution in [1.29, 1.82) is 5.26 Å². The molecule has 0 saturated carbocycles. The second-order valence-corrected chi connectivity index (χ2v) is 6.65. The number of carbonyl (C=O) groups is 2. The van der Waals surface area contributed by atoms with Gasteiger partial charge in [-0.3, -0.25) is 9.59 Å². The molecule has 1 N–H and O–H groups in total. The first-order chi connectivity index (χ1) is 12.0. The molecule has 2 atom stereocenters. The molecular weight excluding hydrogens is 342 g/mol. The SMILES string of the molecule is CSCC[C@@H](NC(C)=O)C(=O)N1CC[C@@H](Oc2nccnc2C#N)C1. The van der Waals surface area contributed by atoms with E-state index in [9.17, 15) is 9.59 Å². The minimum Gasteiger partial charge on any atom is -0.470 e. The highest BCUT2D eigenvalue weighted by Gasteiger charge is 2.32. The molecule has 0 radical (unpaired) electrons. The molecule has 1 aromatic rings. The summed E-state index contributed by atoms with van der Waals surface area (Å²) in [5.74, 6) is 0.653. The summed E-state index contributed by atoms with van der Waals surface area (Å²) < 4.78 is 5.74. The van der Waals surface area contributed by atoms with Crippen LogP contribution in [0.3, 0.4) is 0 Å². The lowest BCUT2D eigenvalue weighted by Crippen LogP contribution is -2.48. The van der Waals surface area contributed by atoms with Crippen molar-refractivity contribution in [2.24, 2.45) is 0 Å². The van der Waals surface area contributed by atoms with Crippen molar-refractivity contribution >= 4 is 23.6 Å². The quantitative estimate of drug-likeness (QED) is 0.755. The monoisotopic (exact) mass is 363 g/mol. The Morgan fingerprint density at radius 2 is 2.28 bits per heavy atom. The third-order valence-electron chi connectivity index (χ3n) is 3.79. The van der Waals surface area contributed by atoms with E-state index in [-0.39, 0.29) is 29.5 Å². The fraction of sp³-hybridized carbons (Fsp3) is 0.562. The number of nitriles is 1. The van der Waals surface area contributed by atoms with Crippen molar-refractivity contribution in [3.05, 3.63) is 18.1 Å². The Morgan fingerprint density at radius 1 is 1.52 bits per heavy atom. The molecule has 1 aliphatic heterocycles. The maximum Gasteiger partial charge on any atom is 0.251 e. The van der Waals surface area contributed by atoms with Crippen molar-refractivity contribution in [1.82, 2.24) is 20.2 Å². The van der Waals surface area contributed by atoms with Gasteiger partial charge < -0.3 is 15.0 Å². The van der Waals surface area contributed by atoms with Gasteiger partial charge >= 0.3 is 0 Å². The van der Waals surface area contributed by atoms with Crippen LogP contribution in [0.1, 0.15) is 25.5 Å². The van der Waals surface area contributed by atoms with Crippen LogP contribution in [-0.4, -0.2) is 63.9 Å². The van der Waals surface area contributed by atoms with E-state index in [0.29, 0.717) is 25.9 Å². The van der Waals surface area contributed by atoms with Gasteiger partial charge in [0.05, 0.1) is 6.54 Å². The van der Waals surface area contributed by atoms with Gasteiger partial charge in [-0.05, 0) is 18.4 Å². The second kappa shape index (κ2) is 9.22. The van der Waals surface area contributed by atoms with Gasteiger partial charge in [0, 0.05) is 32.3 Å². The molecule has 1 fully saturated rings. The van der Waals surface area contributed by atoms with Gasteiger partial charge in [-0.25, -0.2) is 9.97 Å². The molecule has 1 saturated heterocycles. The predicted molar refractivity (Wildman–Crippen MR) is 93.0 cm³/mol. The van der Waals surface area contributed by atoms with E-state index in [4.69, 9.17) is 10.00 Å². The zero-order valence-electron chi connectivity index (χ0n) is 14.3. The Balaban J connectivity index is 1.97. The number of aromatic nitrogens is 2. The minimum atomic E-state index is -0.519. The van der Waals surface area contributed by atoms with E-state index < -0.39 is 6.04 Å². The van der Waals surface area contributed by atoms with Crippen molar-refractivity contribution in [2.45, 2.75) is 31.9 Å². The highest BCUT2D eigenvalue weighted by molar-refractivity contribution is 7.98. The van der Waals surface area contributed by atoms with Crippen LogP contribution in [0.25, 0.3) is 0 Å². The third-order valence-corrected chi connectivity index (χ3v) is 4.44. The van der Waals surface area contributed by atoms with Crippen molar-refractivity contribution < 1.29 is 14.3 Å². The highest BCUT2D eigenvalue weighted by atomic mass is 32.2. The topological polar surface area (TPSA) is 108 Å². The van der Waals surface area contributed by atoms with Crippen LogP contribution in [-0.2, 0) is 9.59 Å². The highest BCUT2D eigenvalue weighted by Crippen LogP contribution is 2.19. The first-order valence-corrected chi connectivity index (χ1v) is 9.37. The van der Waals surface area contributed by atoms with E-state index in [2.05, 4.69) is 15.3 Å². The van der Waals surface area contributed by atoms with Crippen molar-refractivity contribution in [3.63, 3.8) is 0 Å². The summed E-state index contributed by atoms with van der Waals surface area (Å²) in [6.45, 7) is 2.35. The standard InChI is InChI=1S/C16H21N5O3S/c1-11(22)20-13(4-8-25-2)16(23)21-7-3-12(10-21)24-15-14(9-17)18-5-6-19-15/h5-6,12-13H,3-4,7-8,10H2,1-2H3,(H,20,22)/t12-,13-/m1/s1. The number of rotatable bonds is 7. The third kappa shape index (κ3) is 5.32. The largest absolute Gasteiger partial charge is 0.470 e. The fourth-order valence-electron chi connectivity index (χ4n) is 2.63. The van der Waals surface area contributed by atoms with Crippen LogP contribution in [0.5, 0.6) is 5.88 Å². The Kier molecular flexibility index (Phi) is 7.01. The van der Waals surface area contributed by atoms with E-state index in [1.54, 1.807) is 16.7 Å². The summed E-state index contributed by atoms with van der Waals surface area (Å²) in [7, 11) is 0. The molecule has 0 aromatic carbocycles. The summed E-state index contributed by atoms with van der Waals surface area (Å²) >= 11 is 1.63. The maximum atomic E-state index is 12.7. The molecule has 0 spiro atoms. The Hall–Kier alpha value is -2.34. The zero-order valence-corrected chi connectivity index (χ0v) is 15.1. The van der Waals surface area contributed by atoms with Crippen LogP contribution in [0.15, 0.2) is 12.4 Å². The molecule has 2 amide bonds. The molecule has 2 rings (SSSR count). The molecule has 1 aliphatic rings. The molecule has 0 bridgehead atoms. The molecule has 9 heteroatoms. The second-order valence-electron chi connectivity index (χ2n) is 5.67. The van der Waals surface area contributed by atoms with Crippen LogP contribution in [0.2, 0.25) is 0 Å². The number of hydrogen-bond acceptors (Lipinski definition) is 7. The number of amides is 2. The molecule has 0 aliphatic carbocycles. The summed E-state index contributed by atoms with van der Waals surface area (Å²) in [5.41, 5.74) is 0.128. The van der Waals surface area contributed by atoms with E-state index in [0.717, 1.165) is 5.75 Å². The summed E-state index contributed by atoms with van der Waals surface area (Å²) in [5, 5.41) is 11.8. The number of likely N-dealkylation sites (tertiary alicyclic amines) is 1. The van der Waals surface area contributed by atoms with Gasteiger partial charge in [0.25, 0.3) is 5.88 Å². The molecule has 25 heavy (non-hydrogen) atoms. The van der Waals surface area contributed by atoms with Crippen molar-refractivity contribution in [2.75, 3.05) is 25.1 Å². The van der Waals surface area contributed by atoms with Crippen molar-refractivity contribution in [3.8, 4) is 11.9 Å². The minimum absolute atomic E-state index is 0.102. The Labute approximate surface area is 151 Å². The summed E-state index contributed by atoms with van der Waals surface area (Å²) in [4.78, 5) is 33.7. The van der Waals surface area contributed by atoms with Gasteiger partial charge in [0.2, 0.25) is 17.5 Å². The predicted octanol–water partition coefficient (Wildman–Crippen LogP) is 0.586. The number of nitrogens with zero attached hydrogens (tertiary/aromatic N) is 4. The van der Waals surface area contributed by atoms with Gasteiger partial charge in [-0.15, -0.1) is 0 Å². The van der Waals surface area contributed by atoms with Gasteiger partial charge in [-0.1, -0.05) is 0 Å². The first-order valence-electron chi connectivity index (χ1n) is 7.97. The molecule has 1 aromatic heterocycles. The normalized spacial score (nSPS) is 17.6. The number of thioether (sulfide) groups is 1. The number of ether oxygens (including phenoxy) is 1. The Morgan fingerprint density at radius 3 is 2.96 bits per heavy atom. The van der Waals surface area contributed by atoms with Crippen LogP contribution < -0.4 is 10.1 Å². The number of nitrogens with one attached hydrogen (secondary N) is 1. The lowest BCUT2D eigenvalue weighted by atomic mass is 10.2. The van der Waals surface area contributed by atoms with Crippen LogP contribution >= 0.6 is 11.8 Å². The van der Waals surface area contributed by atoms with Crippen LogP contribution in [0, 0.1) is 11.3 Å². The lowest BCUT2D eigenvalue weighted by Gasteiger charge is -2.24. The van der Waals surface area contributed by atoms with E-state index >= 15 is 0 Å². The lowest BCUT2D eigenvalue weighted by molar-refractivity contribution is -0.135. The molecule has 8 nitrogen and oxygen atoms in total. The summed E-state index contributed by atoms with van der Waals surface area (Å²) in [6, 6.07) is 1.42. The van der Waals surface area contributed by atoms with Gasteiger partial charge in [-0.2, -0.15) is 17.0 Å². The number of hydrogen-bond donors (Lipinski definition) is 1. The van der Waals surface area contributed by atoms with Gasteiger partial charge in [0.15, 0.2) is 0 Å².